The first-order valence-corrected chi connectivity index (χ1v) is 8.55. The molecule has 1 amide bonds. The van der Waals surface area contributed by atoms with Crippen LogP contribution in [-0.4, -0.2) is 39.9 Å². The van der Waals surface area contributed by atoms with Gasteiger partial charge in [-0.15, -0.1) is 0 Å². The number of nitrogens with zero attached hydrogens (tertiary/aromatic N) is 2. The van der Waals surface area contributed by atoms with E-state index in [1.807, 2.05) is 13.8 Å². The first kappa shape index (κ1) is 20.2. The summed E-state index contributed by atoms with van der Waals surface area (Å²) in [6.07, 6.45) is 0.301. The summed E-state index contributed by atoms with van der Waals surface area (Å²) in [5.41, 5.74) is 0.827. The summed E-state index contributed by atoms with van der Waals surface area (Å²) in [6, 6.07) is 9.00. The maximum absolute atomic E-state index is 12.2. The third-order valence-corrected chi connectivity index (χ3v) is 3.89. The Hall–Kier alpha value is -3.16. The van der Waals surface area contributed by atoms with Crippen molar-refractivity contribution in [3.63, 3.8) is 0 Å². The number of aliphatic carboxylic acids is 1. The molecule has 0 radical (unpaired) electrons. The van der Waals surface area contributed by atoms with Gasteiger partial charge in [0, 0.05) is 11.6 Å². The van der Waals surface area contributed by atoms with E-state index in [1.165, 1.54) is 6.07 Å². The maximum Gasteiger partial charge on any atom is 0.326 e. The summed E-state index contributed by atoms with van der Waals surface area (Å²) in [7, 11) is 1.57. The second-order valence-electron chi connectivity index (χ2n) is 6.53. The van der Waals surface area contributed by atoms with Crippen LogP contribution in [0, 0.1) is 5.92 Å². The van der Waals surface area contributed by atoms with Crippen LogP contribution in [0.5, 0.6) is 5.75 Å². The van der Waals surface area contributed by atoms with E-state index in [4.69, 9.17) is 4.74 Å². The molecule has 0 aliphatic rings. The number of ether oxygens (including phenoxy) is 1. The maximum atomic E-state index is 12.2. The number of carboxylic acids is 1. The lowest BCUT2D eigenvalue weighted by atomic mass is 10.0. The quantitative estimate of drug-likeness (QED) is 0.726. The second kappa shape index (κ2) is 8.98. The number of benzene rings is 1. The molecule has 8 heteroatoms. The molecule has 2 N–H and O–H groups in total. The summed E-state index contributed by atoms with van der Waals surface area (Å²) in [4.78, 5) is 35.5. The van der Waals surface area contributed by atoms with E-state index in [-0.39, 0.29) is 12.5 Å². The average molecular weight is 373 g/mol. The molecule has 0 saturated heterocycles. The molecule has 0 aliphatic carbocycles. The van der Waals surface area contributed by atoms with E-state index in [0.29, 0.717) is 17.9 Å². The van der Waals surface area contributed by atoms with E-state index in [9.17, 15) is 19.5 Å². The fourth-order valence-electron chi connectivity index (χ4n) is 2.55. The SMILES string of the molecule is COc1ccc(-c2ccc(=O)n(CC(=O)NC(CC(C)C)C(=O)O)n2)cc1. The Morgan fingerprint density at radius 1 is 1.19 bits per heavy atom. The largest absolute Gasteiger partial charge is 0.497 e. The lowest BCUT2D eigenvalue weighted by Crippen LogP contribution is -2.44. The average Bonchev–Trinajstić information content (AvgIpc) is 2.62. The highest BCUT2D eigenvalue weighted by Crippen LogP contribution is 2.19. The first-order chi connectivity index (χ1) is 12.8. The van der Waals surface area contributed by atoms with Gasteiger partial charge in [-0.2, -0.15) is 5.10 Å². The van der Waals surface area contributed by atoms with Crippen molar-refractivity contribution in [2.24, 2.45) is 5.92 Å². The third kappa shape index (κ3) is 5.67. The Kier molecular flexibility index (Phi) is 6.70. The predicted molar refractivity (Wildman–Crippen MR) is 99.5 cm³/mol. The molecule has 8 nitrogen and oxygen atoms in total. The van der Waals surface area contributed by atoms with Crippen molar-refractivity contribution in [3.05, 3.63) is 46.8 Å². The summed E-state index contributed by atoms with van der Waals surface area (Å²) >= 11 is 0. The third-order valence-electron chi connectivity index (χ3n) is 3.89. The molecular formula is C19H23N3O5. The molecule has 2 rings (SSSR count). The zero-order valence-electron chi connectivity index (χ0n) is 15.5. The van der Waals surface area contributed by atoms with Gasteiger partial charge in [0.05, 0.1) is 12.8 Å². The van der Waals surface area contributed by atoms with E-state index < -0.39 is 23.5 Å². The Labute approximate surface area is 156 Å². The van der Waals surface area contributed by atoms with Gasteiger partial charge < -0.3 is 15.2 Å². The zero-order chi connectivity index (χ0) is 20.0. The molecular weight excluding hydrogens is 350 g/mol. The minimum Gasteiger partial charge on any atom is -0.497 e. The van der Waals surface area contributed by atoms with Crippen LogP contribution in [0.3, 0.4) is 0 Å². The standard InChI is InChI=1S/C19H23N3O5/c1-12(2)10-16(19(25)26)20-17(23)11-22-18(24)9-8-15(21-22)13-4-6-14(27-3)7-5-13/h4-9,12,16H,10-11H2,1-3H3,(H,20,23)(H,25,26). The van der Waals surface area contributed by atoms with Gasteiger partial charge in [0.2, 0.25) is 5.91 Å². The van der Waals surface area contributed by atoms with Crippen molar-refractivity contribution in [2.75, 3.05) is 7.11 Å². The Balaban J connectivity index is 2.16. The van der Waals surface area contributed by atoms with Crippen molar-refractivity contribution in [1.29, 1.82) is 0 Å². The van der Waals surface area contributed by atoms with Crippen molar-refractivity contribution in [3.8, 4) is 17.0 Å². The number of carboxylic acid groups (broad SMARTS) is 1. The van der Waals surface area contributed by atoms with Crippen LogP contribution in [0.1, 0.15) is 20.3 Å². The van der Waals surface area contributed by atoms with Gasteiger partial charge >= 0.3 is 5.97 Å². The number of carbonyl (C=O) groups is 2. The lowest BCUT2D eigenvalue weighted by molar-refractivity contribution is -0.142. The highest BCUT2D eigenvalue weighted by Gasteiger charge is 2.21. The number of nitrogens with one attached hydrogen (secondary N) is 1. The molecule has 27 heavy (non-hydrogen) atoms. The first-order valence-electron chi connectivity index (χ1n) is 8.55. The Morgan fingerprint density at radius 3 is 2.41 bits per heavy atom. The van der Waals surface area contributed by atoms with Gasteiger partial charge in [-0.05, 0) is 42.7 Å². The smallest absolute Gasteiger partial charge is 0.326 e. The summed E-state index contributed by atoms with van der Waals surface area (Å²) in [5, 5.41) is 15.9. The zero-order valence-corrected chi connectivity index (χ0v) is 15.5. The highest BCUT2D eigenvalue weighted by molar-refractivity contribution is 5.83. The molecule has 1 aromatic heterocycles. The summed E-state index contributed by atoms with van der Waals surface area (Å²) in [5.74, 6) is -0.893. The fraction of sp³-hybridized carbons (Fsp3) is 0.368. The Bertz CT molecular complexity index is 858. The predicted octanol–water partition coefficient (Wildman–Crippen LogP) is 1.53. The molecule has 1 unspecified atom stereocenters. The van der Waals surface area contributed by atoms with Crippen molar-refractivity contribution in [2.45, 2.75) is 32.9 Å². The van der Waals surface area contributed by atoms with Crippen LogP contribution < -0.4 is 15.6 Å². The lowest BCUT2D eigenvalue weighted by Gasteiger charge is -2.16. The normalized spacial score (nSPS) is 11.9. The van der Waals surface area contributed by atoms with Gasteiger partial charge in [0.25, 0.3) is 5.56 Å². The second-order valence-corrected chi connectivity index (χ2v) is 6.53. The van der Waals surface area contributed by atoms with Gasteiger partial charge in [0.15, 0.2) is 0 Å². The molecule has 144 valence electrons. The minimum atomic E-state index is -1.11. The number of hydrogen-bond donors (Lipinski definition) is 2. The van der Waals surface area contributed by atoms with Crippen molar-refractivity contribution >= 4 is 11.9 Å². The van der Waals surface area contributed by atoms with Gasteiger partial charge in [0.1, 0.15) is 18.3 Å². The molecule has 0 bridgehead atoms. The van der Waals surface area contributed by atoms with Gasteiger partial charge in [-0.3, -0.25) is 9.59 Å². The van der Waals surface area contributed by atoms with Crippen LogP contribution in [0.4, 0.5) is 0 Å². The van der Waals surface area contributed by atoms with Gasteiger partial charge in [-0.1, -0.05) is 13.8 Å². The van der Waals surface area contributed by atoms with Crippen LogP contribution in [0.2, 0.25) is 0 Å². The van der Waals surface area contributed by atoms with E-state index in [1.54, 1.807) is 37.4 Å². The van der Waals surface area contributed by atoms with E-state index in [2.05, 4.69) is 10.4 Å². The Morgan fingerprint density at radius 2 is 1.85 bits per heavy atom. The number of methoxy groups -OCH3 is 1. The summed E-state index contributed by atoms with van der Waals surface area (Å²) < 4.78 is 6.12. The van der Waals surface area contributed by atoms with E-state index >= 15 is 0 Å². The molecule has 1 atom stereocenters. The van der Waals surface area contributed by atoms with Gasteiger partial charge in [-0.25, -0.2) is 9.48 Å². The number of hydrogen-bond acceptors (Lipinski definition) is 5. The molecule has 2 aromatic rings. The van der Waals surface area contributed by atoms with Crippen molar-refractivity contribution < 1.29 is 19.4 Å². The van der Waals surface area contributed by atoms with Crippen molar-refractivity contribution in [1.82, 2.24) is 15.1 Å². The number of rotatable bonds is 8. The number of carbonyl (C=O) groups excluding carboxylic acids is 1. The summed E-state index contributed by atoms with van der Waals surface area (Å²) in [6.45, 7) is 3.38. The fourth-order valence-corrected chi connectivity index (χ4v) is 2.55. The molecule has 0 saturated carbocycles. The number of amides is 1. The minimum absolute atomic E-state index is 0.102. The molecule has 0 fully saturated rings. The van der Waals surface area contributed by atoms with E-state index in [0.717, 1.165) is 10.2 Å². The molecule has 0 spiro atoms. The molecule has 0 aliphatic heterocycles. The molecule has 1 heterocycles. The number of aromatic nitrogens is 2. The topological polar surface area (TPSA) is 111 Å². The highest BCUT2D eigenvalue weighted by atomic mass is 16.5. The molecule has 1 aromatic carbocycles. The van der Waals surface area contributed by atoms with Crippen LogP contribution in [0.25, 0.3) is 11.3 Å². The van der Waals surface area contributed by atoms with Crippen LogP contribution in [-0.2, 0) is 16.1 Å². The van der Waals surface area contributed by atoms with Crippen LogP contribution >= 0.6 is 0 Å². The van der Waals surface area contributed by atoms with Crippen LogP contribution in [0.15, 0.2) is 41.2 Å². The monoisotopic (exact) mass is 373 g/mol.